The number of ether oxygens (including phenoxy) is 2. The number of benzene rings is 1. The highest BCUT2D eigenvalue weighted by Gasteiger charge is 2.29. The molecule has 0 saturated carbocycles. The maximum absolute atomic E-state index is 10.8. The lowest BCUT2D eigenvalue weighted by Gasteiger charge is -2.24. The number of aliphatic hydroxyl groups is 1. The van der Waals surface area contributed by atoms with Gasteiger partial charge in [-0.2, -0.15) is 0 Å². The Morgan fingerprint density at radius 1 is 1.62 bits per heavy atom. The standard InChI is InChI=1S/C9H8ClNO5/c10-5-1-7(11(13)14)9-8(2-5)15-4-6(3-12)16-9/h1-2,6,12H,3-4H2. The number of aliphatic hydroxyl groups excluding tert-OH is 1. The summed E-state index contributed by atoms with van der Waals surface area (Å²) >= 11 is 5.71. The first kappa shape index (κ1) is 11.0. The minimum atomic E-state index is -0.603. The van der Waals surface area contributed by atoms with Crippen LogP contribution in [0.2, 0.25) is 5.02 Å². The molecular formula is C9H8ClNO5. The average Bonchev–Trinajstić information content (AvgIpc) is 2.27. The van der Waals surface area contributed by atoms with Crippen LogP contribution in [0.25, 0.3) is 0 Å². The third-order valence-electron chi connectivity index (χ3n) is 2.11. The Balaban J connectivity index is 2.47. The van der Waals surface area contributed by atoms with Crippen molar-refractivity contribution in [3.63, 3.8) is 0 Å². The van der Waals surface area contributed by atoms with E-state index < -0.39 is 11.0 Å². The van der Waals surface area contributed by atoms with Crippen LogP contribution in [0.1, 0.15) is 0 Å². The normalized spacial score (nSPS) is 18.2. The fourth-order valence-corrected chi connectivity index (χ4v) is 1.59. The summed E-state index contributed by atoms with van der Waals surface area (Å²) in [5.74, 6) is 0.239. The largest absolute Gasteiger partial charge is 0.485 e. The van der Waals surface area contributed by atoms with Crippen molar-refractivity contribution in [3.8, 4) is 11.5 Å². The zero-order valence-corrected chi connectivity index (χ0v) is 8.81. The Kier molecular flexibility index (Phi) is 2.84. The zero-order chi connectivity index (χ0) is 11.7. The molecule has 1 unspecified atom stereocenters. The lowest BCUT2D eigenvalue weighted by atomic mass is 10.2. The van der Waals surface area contributed by atoms with Crippen molar-refractivity contribution in [1.82, 2.24) is 0 Å². The summed E-state index contributed by atoms with van der Waals surface area (Å²) < 4.78 is 10.5. The van der Waals surface area contributed by atoms with Crippen LogP contribution < -0.4 is 9.47 Å². The second-order valence-electron chi connectivity index (χ2n) is 3.24. The molecule has 1 aromatic rings. The lowest BCUT2D eigenvalue weighted by Crippen LogP contribution is -2.32. The van der Waals surface area contributed by atoms with E-state index in [2.05, 4.69) is 0 Å². The number of nitro groups is 1. The topological polar surface area (TPSA) is 81.8 Å². The van der Waals surface area contributed by atoms with Gasteiger partial charge in [0.05, 0.1) is 16.6 Å². The van der Waals surface area contributed by atoms with Crippen molar-refractivity contribution >= 4 is 17.3 Å². The minimum absolute atomic E-state index is 0.0136. The molecule has 0 aliphatic carbocycles. The monoisotopic (exact) mass is 245 g/mol. The number of rotatable bonds is 2. The van der Waals surface area contributed by atoms with E-state index in [1.165, 1.54) is 12.1 Å². The van der Waals surface area contributed by atoms with E-state index in [0.29, 0.717) is 0 Å². The first-order valence-electron chi connectivity index (χ1n) is 4.50. The number of hydrogen-bond acceptors (Lipinski definition) is 5. The maximum Gasteiger partial charge on any atom is 0.316 e. The predicted octanol–water partition coefficient (Wildman–Crippen LogP) is 1.38. The molecular weight excluding hydrogens is 238 g/mol. The molecule has 1 aliphatic heterocycles. The highest BCUT2D eigenvalue weighted by Crippen LogP contribution is 2.42. The van der Waals surface area contributed by atoms with E-state index in [1.54, 1.807) is 0 Å². The molecule has 16 heavy (non-hydrogen) atoms. The number of nitro benzene ring substituents is 1. The van der Waals surface area contributed by atoms with E-state index >= 15 is 0 Å². The van der Waals surface area contributed by atoms with Crippen LogP contribution in [0.4, 0.5) is 5.69 Å². The summed E-state index contributed by atoms with van der Waals surface area (Å²) in [6.07, 6.45) is -0.590. The van der Waals surface area contributed by atoms with Crippen molar-refractivity contribution in [1.29, 1.82) is 0 Å². The molecule has 0 aromatic heterocycles. The smallest absolute Gasteiger partial charge is 0.316 e. The van der Waals surface area contributed by atoms with Crippen LogP contribution in [-0.4, -0.2) is 29.3 Å². The fourth-order valence-electron chi connectivity index (χ4n) is 1.39. The SMILES string of the molecule is O=[N+]([O-])c1cc(Cl)cc2c1OC(CO)CO2. The van der Waals surface area contributed by atoms with Gasteiger partial charge in [0.2, 0.25) is 5.75 Å². The Hall–Kier alpha value is -1.53. The number of halogens is 1. The molecule has 1 heterocycles. The van der Waals surface area contributed by atoms with Crippen LogP contribution in [0.3, 0.4) is 0 Å². The van der Waals surface area contributed by atoms with E-state index in [1.807, 2.05) is 0 Å². The third kappa shape index (κ3) is 1.89. The van der Waals surface area contributed by atoms with Crippen LogP contribution in [0.5, 0.6) is 11.5 Å². The molecule has 0 fully saturated rings. The summed E-state index contributed by atoms with van der Waals surface area (Å²) in [7, 11) is 0. The molecule has 0 spiro atoms. The molecule has 0 amide bonds. The van der Waals surface area contributed by atoms with Gasteiger partial charge in [-0.05, 0) is 0 Å². The van der Waals surface area contributed by atoms with E-state index in [0.717, 1.165) is 0 Å². The first-order chi connectivity index (χ1) is 7.61. The van der Waals surface area contributed by atoms with E-state index in [-0.39, 0.29) is 35.4 Å². The molecule has 1 atom stereocenters. The summed E-state index contributed by atoms with van der Waals surface area (Å²) in [4.78, 5) is 10.2. The predicted molar refractivity (Wildman–Crippen MR) is 55.1 cm³/mol. The van der Waals surface area contributed by atoms with Crippen LogP contribution >= 0.6 is 11.6 Å². The van der Waals surface area contributed by atoms with Crippen molar-refractivity contribution in [2.45, 2.75) is 6.10 Å². The van der Waals surface area contributed by atoms with Crippen LogP contribution in [-0.2, 0) is 0 Å². The molecule has 7 heteroatoms. The van der Waals surface area contributed by atoms with Crippen molar-refractivity contribution in [2.24, 2.45) is 0 Å². The highest BCUT2D eigenvalue weighted by atomic mass is 35.5. The van der Waals surface area contributed by atoms with E-state index in [4.69, 9.17) is 26.2 Å². The van der Waals surface area contributed by atoms with Gasteiger partial charge in [-0.1, -0.05) is 11.6 Å². The highest BCUT2D eigenvalue weighted by molar-refractivity contribution is 6.31. The molecule has 0 bridgehead atoms. The van der Waals surface area contributed by atoms with Gasteiger partial charge in [0.1, 0.15) is 6.61 Å². The van der Waals surface area contributed by atoms with Crippen LogP contribution in [0, 0.1) is 10.1 Å². The zero-order valence-electron chi connectivity index (χ0n) is 8.05. The average molecular weight is 246 g/mol. The van der Waals surface area contributed by atoms with Crippen molar-refractivity contribution in [3.05, 3.63) is 27.3 Å². The van der Waals surface area contributed by atoms with Gasteiger partial charge >= 0.3 is 5.69 Å². The molecule has 6 nitrogen and oxygen atoms in total. The summed E-state index contributed by atoms with van der Waals surface area (Å²) in [6.45, 7) is -0.125. The summed E-state index contributed by atoms with van der Waals surface area (Å²) in [5.41, 5.74) is -0.263. The Morgan fingerprint density at radius 2 is 2.38 bits per heavy atom. The van der Waals surface area contributed by atoms with Gasteiger partial charge in [-0.3, -0.25) is 10.1 Å². The molecule has 1 aromatic carbocycles. The molecule has 0 radical (unpaired) electrons. The van der Waals surface area contributed by atoms with Gasteiger partial charge in [-0.25, -0.2) is 0 Å². The van der Waals surface area contributed by atoms with Gasteiger partial charge in [0.15, 0.2) is 11.9 Å². The molecule has 1 aliphatic rings. The summed E-state index contributed by atoms with van der Waals surface area (Å²) in [5, 5.41) is 19.9. The first-order valence-corrected chi connectivity index (χ1v) is 4.88. The Labute approximate surface area is 95.5 Å². The second kappa shape index (κ2) is 4.15. The fraction of sp³-hybridized carbons (Fsp3) is 0.333. The Bertz CT molecular complexity index is 436. The van der Waals surface area contributed by atoms with Gasteiger partial charge in [-0.15, -0.1) is 0 Å². The number of fused-ring (bicyclic) bond motifs is 1. The van der Waals surface area contributed by atoms with Crippen LogP contribution in [0.15, 0.2) is 12.1 Å². The maximum atomic E-state index is 10.8. The van der Waals surface area contributed by atoms with Crippen molar-refractivity contribution in [2.75, 3.05) is 13.2 Å². The molecule has 0 saturated heterocycles. The lowest BCUT2D eigenvalue weighted by molar-refractivity contribution is -0.386. The molecule has 86 valence electrons. The number of hydrogen-bond donors (Lipinski definition) is 1. The molecule has 2 rings (SSSR count). The van der Waals surface area contributed by atoms with Gasteiger partial charge in [0, 0.05) is 12.1 Å². The Morgan fingerprint density at radius 3 is 3.00 bits per heavy atom. The number of nitrogens with zero attached hydrogens (tertiary/aromatic N) is 1. The second-order valence-corrected chi connectivity index (χ2v) is 3.68. The van der Waals surface area contributed by atoms with E-state index in [9.17, 15) is 10.1 Å². The van der Waals surface area contributed by atoms with Gasteiger partial charge in [0.25, 0.3) is 0 Å². The van der Waals surface area contributed by atoms with Crippen molar-refractivity contribution < 1.29 is 19.5 Å². The summed E-state index contributed by atoms with van der Waals surface area (Å²) in [6, 6.07) is 2.63. The molecule has 1 N–H and O–H groups in total. The third-order valence-corrected chi connectivity index (χ3v) is 2.33. The van der Waals surface area contributed by atoms with Gasteiger partial charge < -0.3 is 14.6 Å². The quantitative estimate of drug-likeness (QED) is 0.629. The minimum Gasteiger partial charge on any atom is -0.485 e.